The number of rotatable bonds is 3. The molecule has 2 fully saturated rings. The fraction of sp³-hybridized carbons (Fsp3) is 0.571. The molecule has 2 unspecified atom stereocenters. The summed E-state index contributed by atoms with van der Waals surface area (Å²) in [4.78, 5) is 0. The molecule has 17 heavy (non-hydrogen) atoms. The number of benzene rings is 1. The molecule has 3 heteroatoms. The molecule has 0 nitrogen and oxygen atoms in total. The van der Waals surface area contributed by atoms with Gasteiger partial charge in [0.15, 0.2) is 0 Å². The molecule has 0 N–H and O–H groups in total. The Kier molecular flexibility index (Phi) is 3.10. The maximum Gasteiger partial charge on any atom is 0.127 e. The third kappa shape index (κ3) is 2.33. The standard InChI is InChI=1S/C14H15Br2F/c15-8-14(6-10-3-11(10)7-14)5-9-1-2-12(16)4-13(9)17/h1-2,4,10-11H,3,5-8H2. The van der Waals surface area contributed by atoms with Crippen LogP contribution in [-0.4, -0.2) is 5.33 Å². The van der Waals surface area contributed by atoms with E-state index in [0.717, 1.165) is 33.6 Å². The third-order valence-electron chi connectivity index (χ3n) is 4.32. The van der Waals surface area contributed by atoms with Gasteiger partial charge in [0.05, 0.1) is 0 Å². The summed E-state index contributed by atoms with van der Waals surface area (Å²) < 4.78 is 14.7. The quantitative estimate of drug-likeness (QED) is 0.668. The minimum absolute atomic E-state index is 0.0692. The van der Waals surface area contributed by atoms with Crippen molar-refractivity contribution in [3.63, 3.8) is 0 Å². The first-order valence-electron chi connectivity index (χ1n) is 6.12. The largest absolute Gasteiger partial charge is 0.207 e. The first kappa shape index (κ1) is 12.2. The van der Waals surface area contributed by atoms with Crippen LogP contribution in [0.25, 0.3) is 0 Å². The first-order chi connectivity index (χ1) is 8.12. The lowest BCUT2D eigenvalue weighted by molar-refractivity contribution is 0.304. The molecule has 0 heterocycles. The van der Waals surface area contributed by atoms with Crippen LogP contribution in [0.15, 0.2) is 22.7 Å². The van der Waals surface area contributed by atoms with E-state index in [2.05, 4.69) is 31.9 Å². The van der Waals surface area contributed by atoms with E-state index in [9.17, 15) is 4.39 Å². The van der Waals surface area contributed by atoms with E-state index in [-0.39, 0.29) is 5.82 Å². The van der Waals surface area contributed by atoms with E-state index in [1.165, 1.54) is 19.3 Å². The fourth-order valence-corrected chi connectivity index (χ4v) is 4.36. The Morgan fingerprint density at radius 3 is 2.59 bits per heavy atom. The van der Waals surface area contributed by atoms with E-state index in [1.54, 1.807) is 6.07 Å². The molecule has 2 aliphatic rings. The molecular formula is C14H15Br2F. The molecule has 2 aliphatic carbocycles. The molecule has 0 amide bonds. The predicted molar refractivity (Wildman–Crippen MR) is 74.9 cm³/mol. The van der Waals surface area contributed by atoms with Crippen LogP contribution >= 0.6 is 31.9 Å². The zero-order valence-electron chi connectivity index (χ0n) is 9.56. The molecule has 92 valence electrons. The van der Waals surface area contributed by atoms with Gasteiger partial charge in [-0.15, -0.1) is 0 Å². The van der Waals surface area contributed by atoms with Crippen molar-refractivity contribution in [2.24, 2.45) is 17.3 Å². The van der Waals surface area contributed by atoms with E-state index in [1.807, 2.05) is 12.1 Å². The highest BCUT2D eigenvalue weighted by Crippen LogP contribution is 2.61. The van der Waals surface area contributed by atoms with Crippen LogP contribution in [0.5, 0.6) is 0 Å². The summed E-state index contributed by atoms with van der Waals surface area (Å²) in [5, 5.41) is 1.00. The second kappa shape index (κ2) is 4.34. The molecule has 0 saturated heterocycles. The lowest BCUT2D eigenvalue weighted by Crippen LogP contribution is -2.24. The summed E-state index contributed by atoms with van der Waals surface area (Å²) >= 11 is 6.95. The molecule has 0 aliphatic heterocycles. The predicted octanol–water partition coefficient (Wildman–Crippen LogP) is 4.94. The average molecular weight is 362 g/mol. The summed E-state index contributed by atoms with van der Waals surface area (Å²) in [6.45, 7) is 0. The van der Waals surface area contributed by atoms with Crippen molar-refractivity contribution in [2.45, 2.75) is 25.7 Å². The molecule has 3 rings (SSSR count). The molecule has 0 radical (unpaired) electrons. The maximum absolute atomic E-state index is 13.9. The lowest BCUT2D eigenvalue weighted by Gasteiger charge is -2.29. The summed E-state index contributed by atoms with van der Waals surface area (Å²) in [6, 6.07) is 5.44. The van der Waals surface area contributed by atoms with Crippen molar-refractivity contribution in [1.82, 2.24) is 0 Å². The van der Waals surface area contributed by atoms with Gasteiger partial charge < -0.3 is 0 Å². The topological polar surface area (TPSA) is 0 Å². The van der Waals surface area contributed by atoms with Gasteiger partial charge in [-0.2, -0.15) is 0 Å². The number of hydrogen-bond acceptors (Lipinski definition) is 0. The summed E-state index contributed by atoms with van der Waals surface area (Å²) in [5.74, 6) is 1.80. The Hall–Kier alpha value is 0.110. The van der Waals surface area contributed by atoms with Gasteiger partial charge in [-0.1, -0.05) is 37.9 Å². The lowest BCUT2D eigenvalue weighted by atomic mass is 9.79. The molecule has 1 aromatic carbocycles. The molecule has 0 aromatic heterocycles. The number of hydrogen-bond donors (Lipinski definition) is 0. The SMILES string of the molecule is Fc1cc(Br)ccc1CC1(CBr)CC2CC2C1. The van der Waals surface area contributed by atoms with Crippen LogP contribution in [0, 0.1) is 23.1 Å². The van der Waals surface area contributed by atoms with Gasteiger partial charge in [0.25, 0.3) is 0 Å². The first-order valence-corrected chi connectivity index (χ1v) is 8.03. The highest BCUT2D eigenvalue weighted by atomic mass is 79.9. The monoisotopic (exact) mass is 360 g/mol. The zero-order valence-corrected chi connectivity index (χ0v) is 12.7. The van der Waals surface area contributed by atoms with Crippen molar-refractivity contribution in [1.29, 1.82) is 0 Å². The van der Waals surface area contributed by atoms with Crippen molar-refractivity contribution < 1.29 is 4.39 Å². The highest BCUT2D eigenvalue weighted by Gasteiger charge is 2.53. The summed E-state index contributed by atoms with van der Waals surface area (Å²) in [7, 11) is 0. The molecular weight excluding hydrogens is 347 g/mol. The second-order valence-corrected chi connectivity index (χ2v) is 7.19. The van der Waals surface area contributed by atoms with Crippen LogP contribution in [0.3, 0.4) is 0 Å². The van der Waals surface area contributed by atoms with E-state index >= 15 is 0 Å². The summed E-state index contributed by atoms with van der Waals surface area (Å²) in [6.07, 6.45) is 4.85. The molecule has 0 bridgehead atoms. The van der Waals surface area contributed by atoms with Gasteiger partial charge in [-0.05, 0) is 60.6 Å². The van der Waals surface area contributed by atoms with E-state index < -0.39 is 0 Å². The normalized spacial score (nSPS) is 34.8. The highest BCUT2D eigenvalue weighted by molar-refractivity contribution is 9.10. The van der Waals surface area contributed by atoms with Crippen molar-refractivity contribution in [3.05, 3.63) is 34.1 Å². The van der Waals surface area contributed by atoms with Gasteiger partial charge in [-0.3, -0.25) is 0 Å². The van der Waals surface area contributed by atoms with E-state index in [0.29, 0.717) is 5.41 Å². The van der Waals surface area contributed by atoms with Gasteiger partial charge >= 0.3 is 0 Å². The summed E-state index contributed by atoms with van der Waals surface area (Å²) in [5.41, 5.74) is 1.18. The van der Waals surface area contributed by atoms with Gasteiger partial charge in [0.1, 0.15) is 5.82 Å². The Labute approximate surface area is 118 Å². The Bertz CT molecular complexity index is 434. The third-order valence-corrected chi connectivity index (χ3v) is 6.01. The average Bonchev–Trinajstić information content (AvgIpc) is 2.91. The van der Waals surface area contributed by atoms with Crippen LogP contribution in [-0.2, 0) is 6.42 Å². The maximum atomic E-state index is 13.9. The number of halogens is 3. The Morgan fingerprint density at radius 2 is 2.00 bits per heavy atom. The van der Waals surface area contributed by atoms with Gasteiger partial charge in [0, 0.05) is 9.80 Å². The van der Waals surface area contributed by atoms with Crippen molar-refractivity contribution in [2.75, 3.05) is 5.33 Å². The second-order valence-electron chi connectivity index (χ2n) is 5.71. The van der Waals surface area contributed by atoms with Crippen LogP contribution in [0.4, 0.5) is 4.39 Å². The minimum atomic E-state index is -0.0692. The van der Waals surface area contributed by atoms with Gasteiger partial charge in [-0.25, -0.2) is 4.39 Å². The molecule has 1 aromatic rings. The molecule has 2 saturated carbocycles. The fourth-order valence-electron chi connectivity index (χ4n) is 3.38. The Balaban J connectivity index is 1.81. The Morgan fingerprint density at radius 1 is 1.29 bits per heavy atom. The van der Waals surface area contributed by atoms with E-state index in [4.69, 9.17) is 0 Å². The number of fused-ring (bicyclic) bond motifs is 1. The molecule has 0 spiro atoms. The smallest absolute Gasteiger partial charge is 0.127 e. The van der Waals surface area contributed by atoms with Crippen LogP contribution < -0.4 is 0 Å². The van der Waals surface area contributed by atoms with Crippen LogP contribution in [0.2, 0.25) is 0 Å². The van der Waals surface area contributed by atoms with Crippen molar-refractivity contribution in [3.8, 4) is 0 Å². The minimum Gasteiger partial charge on any atom is -0.207 e. The van der Waals surface area contributed by atoms with Crippen LogP contribution in [0.1, 0.15) is 24.8 Å². The van der Waals surface area contributed by atoms with Crippen molar-refractivity contribution >= 4 is 31.9 Å². The van der Waals surface area contributed by atoms with Gasteiger partial charge in [0.2, 0.25) is 0 Å². The molecule has 2 atom stereocenters. The zero-order chi connectivity index (χ0) is 12.0. The number of alkyl halides is 1.